The van der Waals surface area contributed by atoms with Crippen LogP contribution in [-0.4, -0.2) is 138 Å². The normalized spacial score (nSPS) is 19.3. The molecule has 0 spiro atoms. The molecule has 2 aliphatic rings. The largest absolute Gasteiger partial charge is 0.445 e. The van der Waals surface area contributed by atoms with Crippen LogP contribution in [0.5, 0.6) is 0 Å². The van der Waals surface area contributed by atoms with Gasteiger partial charge in [0.2, 0.25) is 29.5 Å². The van der Waals surface area contributed by atoms with Crippen molar-refractivity contribution in [3.8, 4) is 0 Å². The second-order valence-electron chi connectivity index (χ2n) is 20.5. The summed E-state index contributed by atoms with van der Waals surface area (Å²) in [6.07, 6.45) is 4.69. The van der Waals surface area contributed by atoms with Crippen LogP contribution >= 0.6 is 11.3 Å². The van der Waals surface area contributed by atoms with Crippen molar-refractivity contribution in [2.75, 3.05) is 46.2 Å². The van der Waals surface area contributed by atoms with Crippen LogP contribution in [0.2, 0.25) is 0 Å². The van der Waals surface area contributed by atoms with Gasteiger partial charge in [0.05, 0.1) is 42.7 Å². The summed E-state index contributed by atoms with van der Waals surface area (Å²) in [7, 11) is 4.80. The van der Waals surface area contributed by atoms with Crippen molar-refractivity contribution < 1.29 is 47.8 Å². The van der Waals surface area contributed by atoms with Crippen LogP contribution in [-0.2, 0) is 51.2 Å². The average Bonchev–Trinajstić information content (AvgIpc) is 4.20. The van der Waals surface area contributed by atoms with Crippen LogP contribution < -0.4 is 27.0 Å². The Labute approximate surface area is 446 Å². The third kappa shape index (κ3) is 16.2. The summed E-state index contributed by atoms with van der Waals surface area (Å²) in [4.78, 5) is 104. The number of nitrogens with two attached hydrogens (primary N) is 1. The van der Waals surface area contributed by atoms with Gasteiger partial charge in [-0.05, 0) is 87.0 Å². The van der Waals surface area contributed by atoms with E-state index in [1.54, 1.807) is 61.3 Å². The number of carbonyl (C=O) groups is 7. The van der Waals surface area contributed by atoms with Gasteiger partial charge in [-0.25, -0.2) is 14.6 Å². The van der Waals surface area contributed by atoms with Gasteiger partial charge < -0.3 is 51.0 Å². The Kier molecular flexibility index (Phi) is 22.9. The van der Waals surface area contributed by atoms with E-state index in [4.69, 9.17) is 19.9 Å². The molecule has 2 fully saturated rings. The van der Waals surface area contributed by atoms with Gasteiger partial charge in [0, 0.05) is 64.6 Å². The number of nitrogens with zero attached hydrogens (tertiary/aromatic N) is 4. The van der Waals surface area contributed by atoms with E-state index < -0.39 is 53.8 Å². The number of unbranched alkanes of at least 4 members (excludes halogenated alkanes) is 1. The first-order valence-electron chi connectivity index (χ1n) is 26.4. The van der Waals surface area contributed by atoms with Crippen molar-refractivity contribution in [1.29, 1.82) is 0 Å². The second-order valence-corrected chi connectivity index (χ2v) is 21.4. The Balaban J connectivity index is 1.20. The fraction of sp³-hybridized carbons (Fsp3) is 0.600. The first-order valence-corrected chi connectivity index (χ1v) is 27.2. The number of ether oxygens (including phenoxy) is 3. The molecule has 0 radical (unpaired) electrons. The molecule has 3 heterocycles. The van der Waals surface area contributed by atoms with Gasteiger partial charge in [0.25, 0.3) is 0 Å². The lowest BCUT2D eigenvalue weighted by Crippen LogP contribution is -2.62. The molecule has 3 aromatic rings. The van der Waals surface area contributed by atoms with Crippen molar-refractivity contribution in [3.05, 3.63) is 82.3 Å². The number of nitrogens with one attached hydrogen (secondary N) is 4. The monoisotopic (exact) mass is 1060 g/mol. The molecule has 0 saturated carbocycles. The van der Waals surface area contributed by atoms with E-state index in [1.807, 2.05) is 70.3 Å². The van der Waals surface area contributed by atoms with Crippen molar-refractivity contribution in [2.24, 2.45) is 23.5 Å². The molecule has 0 aliphatic carbocycles. The number of anilines is 1. The van der Waals surface area contributed by atoms with Crippen molar-refractivity contribution in [3.63, 3.8) is 0 Å². The topological polar surface area (TPSA) is 244 Å². The lowest BCUT2D eigenvalue weighted by Gasteiger charge is -2.41. The molecule has 2 aromatic carbocycles. The first kappa shape index (κ1) is 59.8. The van der Waals surface area contributed by atoms with Crippen molar-refractivity contribution in [2.45, 2.75) is 154 Å². The van der Waals surface area contributed by atoms with Crippen LogP contribution in [0.1, 0.15) is 122 Å². The highest BCUT2D eigenvalue weighted by molar-refractivity contribution is 7.09. The van der Waals surface area contributed by atoms with E-state index in [2.05, 4.69) is 26.3 Å². The number of rotatable bonds is 27. The number of thiazole rings is 1. The Morgan fingerprint density at radius 3 is 2.27 bits per heavy atom. The number of likely N-dealkylation sites (tertiary alicyclic amines) is 2. The summed E-state index contributed by atoms with van der Waals surface area (Å²) >= 11 is 1.48. The number of aromatic nitrogens is 1. The standard InChI is InChI=1S/C55H81N9O10S/c1-10-36(4)47(43(72-8)33-45(66)63-29-16-20-42(63)48(73-9)37(5)49(67)60-41(50-57-28-31-75-50)32-38-18-12-11-13-19-38)62(7)51(68)46(35(2)3)61-52(69)55(6)26-17-30-64(55)54(71)74-34-39-22-24-40(25-23-39)59-44(65)21-14-15-27-58-53(56)70/h11-13,18-19,22-25,28,31,35-37,41-43,46-48H,10,14-17,20-21,26-27,29-30,32-34H2,1-9H3,(H,59,65)(H,60,67)(H,61,69)(H3,56,58,70). The zero-order chi connectivity index (χ0) is 54.8. The van der Waals surface area contributed by atoms with Crippen LogP contribution in [0, 0.1) is 17.8 Å². The molecular weight excluding hydrogens is 979 g/mol. The summed E-state index contributed by atoms with van der Waals surface area (Å²) < 4.78 is 17.9. The maximum atomic E-state index is 14.7. The molecule has 6 N–H and O–H groups in total. The maximum absolute atomic E-state index is 14.7. The fourth-order valence-corrected chi connectivity index (χ4v) is 11.0. The molecule has 19 nitrogen and oxygen atoms in total. The van der Waals surface area contributed by atoms with E-state index in [-0.39, 0.29) is 73.5 Å². The van der Waals surface area contributed by atoms with Crippen molar-refractivity contribution in [1.82, 2.24) is 35.6 Å². The Bertz CT molecular complexity index is 2340. The number of carbonyl (C=O) groups excluding carboxylic acids is 7. The summed E-state index contributed by atoms with van der Waals surface area (Å²) in [5.74, 6) is -2.45. The SMILES string of the molecule is CCC(C)C(C(CC(=O)N1CCCC1C(OC)C(C)C(=O)NC(Cc1ccccc1)c1nccs1)OC)N(C)C(=O)C(NC(=O)C1(C)CCCN1C(=O)OCc1ccc(NC(=O)CCCCNC(N)=O)cc1)C(C)C. The van der Waals surface area contributed by atoms with E-state index in [0.29, 0.717) is 69.3 Å². The zero-order valence-electron chi connectivity index (χ0n) is 45.3. The molecule has 20 heteroatoms. The van der Waals surface area contributed by atoms with Crippen LogP contribution in [0.15, 0.2) is 66.2 Å². The Hall–Kier alpha value is -6.12. The lowest BCUT2D eigenvalue weighted by molar-refractivity contribution is -0.148. The third-order valence-corrected chi connectivity index (χ3v) is 15.8. The van der Waals surface area contributed by atoms with E-state index in [9.17, 15) is 33.6 Å². The van der Waals surface area contributed by atoms with Gasteiger partial charge in [-0.3, -0.25) is 28.9 Å². The van der Waals surface area contributed by atoms with Gasteiger partial charge >= 0.3 is 12.1 Å². The molecule has 2 saturated heterocycles. The van der Waals surface area contributed by atoms with Crippen LogP contribution in [0.25, 0.3) is 0 Å². The number of amides is 8. The van der Waals surface area contributed by atoms with Gasteiger partial charge in [0.1, 0.15) is 23.2 Å². The minimum absolute atomic E-state index is 0.0333. The lowest BCUT2D eigenvalue weighted by atomic mass is 9.89. The zero-order valence-corrected chi connectivity index (χ0v) is 46.1. The molecule has 0 bridgehead atoms. The van der Waals surface area contributed by atoms with Gasteiger partial charge in [-0.2, -0.15) is 0 Å². The summed E-state index contributed by atoms with van der Waals surface area (Å²) in [6.45, 7) is 12.3. The maximum Gasteiger partial charge on any atom is 0.410 e. The number of hydrogen-bond acceptors (Lipinski definition) is 12. The molecule has 2 aliphatic heterocycles. The molecule has 5 rings (SSSR count). The molecule has 8 amide bonds. The molecule has 9 unspecified atom stereocenters. The number of methoxy groups -OCH3 is 2. The van der Waals surface area contributed by atoms with Gasteiger partial charge in [-0.15, -0.1) is 11.3 Å². The van der Waals surface area contributed by atoms with Crippen molar-refractivity contribution >= 4 is 58.7 Å². The number of primary amides is 1. The molecule has 1 aromatic heterocycles. The number of urea groups is 1. The Morgan fingerprint density at radius 2 is 1.64 bits per heavy atom. The number of benzene rings is 2. The van der Waals surface area contributed by atoms with E-state index in [1.165, 1.54) is 23.3 Å². The molecule has 412 valence electrons. The molecular formula is C55H81N9O10S. The quantitative estimate of drug-likeness (QED) is 0.0511. The minimum Gasteiger partial charge on any atom is -0.445 e. The Morgan fingerprint density at radius 1 is 0.920 bits per heavy atom. The highest BCUT2D eigenvalue weighted by Gasteiger charge is 2.49. The summed E-state index contributed by atoms with van der Waals surface area (Å²) in [5, 5.41) is 14.3. The van der Waals surface area contributed by atoms with Crippen LogP contribution in [0.4, 0.5) is 15.3 Å². The second kappa shape index (κ2) is 28.7. The van der Waals surface area contributed by atoms with E-state index in [0.717, 1.165) is 17.0 Å². The minimum atomic E-state index is -1.31. The average molecular weight is 1060 g/mol. The third-order valence-electron chi connectivity index (χ3n) is 14.9. The smallest absolute Gasteiger partial charge is 0.410 e. The summed E-state index contributed by atoms with van der Waals surface area (Å²) in [6, 6.07) is 14.0. The molecule has 75 heavy (non-hydrogen) atoms. The summed E-state index contributed by atoms with van der Waals surface area (Å²) in [5.41, 5.74) is 6.08. The van der Waals surface area contributed by atoms with E-state index >= 15 is 0 Å². The highest BCUT2D eigenvalue weighted by atomic mass is 32.1. The fourth-order valence-electron chi connectivity index (χ4n) is 10.3. The number of hydrogen-bond donors (Lipinski definition) is 5. The number of likely N-dealkylation sites (N-methyl/N-ethyl adjacent to an activating group) is 1. The highest BCUT2D eigenvalue weighted by Crippen LogP contribution is 2.33. The first-order chi connectivity index (χ1) is 35.8. The van der Waals surface area contributed by atoms with Crippen LogP contribution in [0.3, 0.4) is 0 Å². The predicted octanol–water partition coefficient (Wildman–Crippen LogP) is 6.57. The van der Waals surface area contributed by atoms with Gasteiger partial charge in [0.15, 0.2) is 0 Å². The predicted molar refractivity (Wildman–Crippen MR) is 287 cm³/mol. The van der Waals surface area contributed by atoms with Gasteiger partial charge in [-0.1, -0.05) is 83.5 Å². The molecule has 9 atom stereocenters.